The lowest BCUT2D eigenvalue weighted by Crippen LogP contribution is -2.47. The second kappa shape index (κ2) is 4.51. The lowest BCUT2D eigenvalue weighted by Gasteiger charge is -2.19. The van der Waals surface area contributed by atoms with Gasteiger partial charge >= 0.3 is 0 Å². The Morgan fingerprint density at radius 2 is 2.20 bits per heavy atom. The van der Waals surface area contributed by atoms with Crippen molar-refractivity contribution in [2.75, 3.05) is 12.3 Å². The van der Waals surface area contributed by atoms with E-state index in [0.29, 0.717) is 0 Å². The number of rotatable bonds is 3. The predicted octanol–water partition coefficient (Wildman–Crippen LogP) is -0.707. The first-order valence-corrected chi connectivity index (χ1v) is 5.34. The molecule has 1 heterocycles. The summed E-state index contributed by atoms with van der Waals surface area (Å²) in [6.07, 6.45) is 0.833. The van der Waals surface area contributed by atoms with Crippen molar-refractivity contribution >= 4 is 16.0 Å². The highest BCUT2D eigenvalue weighted by molar-refractivity contribution is 7.85. The quantitative estimate of drug-likeness (QED) is 0.344. The second-order valence-corrected chi connectivity index (χ2v) is 4.12. The molecule has 10 heteroatoms. The Morgan fingerprint density at radius 1 is 1.53 bits per heavy atom. The molecule has 3 N–H and O–H groups in total. The molecule has 0 fully saturated rings. The average molecular weight is 242 g/mol. The molecule has 0 amide bonds. The second-order valence-electron chi connectivity index (χ2n) is 2.55. The largest absolute Gasteiger partial charge is 0.285 e. The highest BCUT2D eigenvalue weighted by Gasteiger charge is 2.13. The summed E-state index contributed by atoms with van der Waals surface area (Å²) < 4.78 is 53.9. The number of hydrogen-bond donors (Lipinski definition) is 3. The Balaban J connectivity index is 2.57. The molecular formula is C5H8F2N4O3S. The van der Waals surface area contributed by atoms with Crippen molar-refractivity contribution < 1.29 is 21.8 Å². The van der Waals surface area contributed by atoms with Gasteiger partial charge in [-0.15, -0.1) is 0 Å². The van der Waals surface area contributed by atoms with E-state index in [-0.39, 0.29) is 17.7 Å². The van der Waals surface area contributed by atoms with Crippen LogP contribution in [0.2, 0.25) is 0 Å². The van der Waals surface area contributed by atoms with Gasteiger partial charge in [0.05, 0.1) is 12.3 Å². The van der Waals surface area contributed by atoms with Crippen molar-refractivity contribution in [1.29, 1.82) is 0 Å². The molecule has 1 aliphatic heterocycles. The van der Waals surface area contributed by atoms with Crippen LogP contribution >= 0.6 is 0 Å². The number of hydrogen-bond acceptors (Lipinski definition) is 5. The molecule has 0 bridgehead atoms. The minimum absolute atomic E-state index is 0.197. The average Bonchev–Trinajstić information content (AvgIpc) is 1.99. The summed E-state index contributed by atoms with van der Waals surface area (Å²) in [5.74, 6) is -1.80. The van der Waals surface area contributed by atoms with Gasteiger partial charge in [-0.1, -0.05) is 4.48 Å². The number of aliphatic imine (C=N–C) groups is 1. The van der Waals surface area contributed by atoms with Crippen molar-refractivity contribution in [2.45, 2.75) is 0 Å². The van der Waals surface area contributed by atoms with Gasteiger partial charge in [0.2, 0.25) is 5.95 Å². The first kappa shape index (κ1) is 11.8. The Bertz CT molecular complexity index is 393. The van der Waals surface area contributed by atoms with E-state index >= 15 is 0 Å². The molecule has 86 valence electrons. The molecule has 0 saturated carbocycles. The summed E-state index contributed by atoms with van der Waals surface area (Å²) in [7, 11) is -4.12. The van der Waals surface area contributed by atoms with E-state index in [1.165, 1.54) is 0 Å². The molecule has 7 nitrogen and oxygen atoms in total. The van der Waals surface area contributed by atoms with E-state index in [4.69, 9.17) is 4.55 Å². The summed E-state index contributed by atoms with van der Waals surface area (Å²) in [6, 6.07) is 0. The number of nitrogens with zero attached hydrogens (tertiary/aromatic N) is 2. The van der Waals surface area contributed by atoms with E-state index in [1.54, 1.807) is 5.43 Å². The van der Waals surface area contributed by atoms with Crippen LogP contribution in [-0.4, -0.2) is 36.4 Å². The molecule has 1 rings (SSSR count). The standard InChI is InChI=1S/C5H8F2N4O3S/c6-4-3-5(10-11(7)9-4)8-1-2-15(12,13)14/h3,9H,1-2H2,(H,8,10)(H,12,13,14). The normalized spacial score (nSPS) is 20.7. The molecule has 0 aromatic heterocycles. The summed E-state index contributed by atoms with van der Waals surface area (Å²) in [5.41, 5.74) is 3.56. The molecule has 0 aromatic carbocycles. The maximum absolute atomic E-state index is 12.5. The van der Waals surface area contributed by atoms with E-state index in [0.717, 1.165) is 6.08 Å². The van der Waals surface area contributed by atoms with E-state index in [2.05, 4.69) is 4.99 Å². The fraction of sp³-hybridized carbons (Fsp3) is 0.400. The SMILES string of the molecule is O=S(=O)(O)CCN=C1C=C(F)NN(F)N1. The van der Waals surface area contributed by atoms with Crippen LogP contribution in [0.4, 0.5) is 8.87 Å². The van der Waals surface area contributed by atoms with Gasteiger partial charge in [-0.3, -0.25) is 15.0 Å². The van der Waals surface area contributed by atoms with Gasteiger partial charge in [0.15, 0.2) is 0 Å². The molecule has 1 aliphatic rings. The molecule has 0 atom stereocenters. The molecule has 0 saturated heterocycles. The van der Waals surface area contributed by atoms with Crippen LogP contribution in [0, 0.1) is 0 Å². The van der Waals surface area contributed by atoms with Gasteiger partial charge in [0.1, 0.15) is 5.84 Å². The van der Waals surface area contributed by atoms with Crippen molar-refractivity contribution in [3.63, 3.8) is 0 Å². The molecule has 0 radical (unpaired) electrons. The van der Waals surface area contributed by atoms with Crippen LogP contribution in [-0.2, 0) is 10.1 Å². The van der Waals surface area contributed by atoms with Gasteiger partial charge < -0.3 is 0 Å². The van der Waals surface area contributed by atoms with Crippen molar-refractivity contribution in [2.24, 2.45) is 4.99 Å². The third-order valence-corrected chi connectivity index (χ3v) is 2.01. The maximum Gasteiger partial charge on any atom is 0.266 e. The Labute approximate surface area is 84.1 Å². The van der Waals surface area contributed by atoms with Gasteiger partial charge in [-0.25, -0.2) is 5.43 Å². The molecule has 0 spiro atoms. The van der Waals surface area contributed by atoms with Crippen LogP contribution in [0.3, 0.4) is 0 Å². The topological polar surface area (TPSA) is 94.0 Å². The Hall–Kier alpha value is -1.26. The van der Waals surface area contributed by atoms with E-state index in [1.807, 2.05) is 5.43 Å². The van der Waals surface area contributed by atoms with Gasteiger partial charge in [-0.2, -0.15) is 12.8 Å². The van der Waals surface area contributed by atoms with E-state index in [9.17, 15) is 17.3 Å². The number of halogens is 2. The fourth-order valence-corrected chi connectivity index (χ4v) is 1.09. The molecule has 0 aromatic rings. The third-order valence-electron chi connectivity index (χ3n) is 1.31. The van der Waals surface area contributed by atoms with Crippen LogP contribution in [0.15, 0.2) is 17.0 Å². The van der Waals surface area contributed by atoms with Crippen molar-refractivity contribution in [3.05, 3.63) is 12.0 Å². The summed E-state index contributed by atoms with van der Waals surface area (Å²) >= 11 is 0. The van der Waals surface area contributed by atoms with Crippen LogP contribution in [0.5, 0.6) is 0 Å². The molecule has 15 heavy (non-hydrogen) atoms. The minimum atomic E-state index is -4.12. The smallest absolute Gasteiger partial charge is 0.266 e. The summed E-state index contributed by atoms with van der Waals surface area (Å²) in [4.78, 5) is 3.50. The van der Waals surface area contributed by atoms with E-state index < -0.39 is 21.8 Å². The first-order valence-electron chi connectivity index (χ1n) is 3.73. The number of nitrogens with one attached hydrogen (secondary N) is 2. The zero-order valence-corrected chi connectivity index (χ0v) is 8.13. The number of hydrazine groups is 2. The van der Waals surface area contributed by atoms with Gasteiger partial charge in [0, 0.05) is 11.4 Å². The predicted molar refractivity (Wildman–Crippen MR) is 47.1 cm³/mol. The lowest BCUT2D eigenvalue weighted by atomic mass is 10.5. The lowest BCUT2D eigenvalue weighted by molar-refractivity contribution is -0.0613. The minimum Gasteiger partial charge on any atom is -0.285 e. The molecule has 0 unspecified atom stereocenters. The molecule has 0 aliphatic carbocycles. The van der Waals surface area contributed by atoms with Gasteiger partial charge in [0.25, 0.3) is 10.1 Å². The van der Waals surface area contributed by atoms with Crippen molar-refractivity contribution in [3.8, 4) is 0 Å². The van der Waals surface area contributed by atoms with Crippen molar-refractivity contribution in [1.82, 2.24) is 16.2 Å². The molecular weight excluding hydrogens is 234 g/mol. The van der Waals surface area contributed by atoms with Crippen LogP contribution in [0.25, 0.3) is 0 Å². The summed E-state index contributed by atoms with van der Waals surface area (Å²) in [6.45, 7) is -0.307. The Morgan fingerprint density at radius 3 is 2.73 bits per heavy atom. The van der Waals surface area contributed by atoms with Crippen LogP contribution in [0.1, 0.15) is 0 Å². The Kier molecular flexibility index (Phi) is 3.55. The third kappa shape index (κ3) is 4.67. The fourth-order valence-electron chi connectivity index (χ4n) is 0.769. The first-order chi connectivity index (χ1) is 6.87. The zero-order valence-electron chi connectivity index (χ0n) is 7.31. The monoisotopic (exact) mass is 242 g/mol. The zero-order chi connectivity index (χ0) is 11.5. The highest BCUT2D eigenvalue weighted by atomic mass is 32.2. The van der Waals surface area contributed by atoms with Gasteiger partial charge in [-0.05, 0) is 0 Å². The number of amidine groups is 1. The maximum atomic E-state index is 12.5. The summed E-state index contributed by atoms with van der Waals surface area (Å²) in [5, 5.41) is -0.276. The highest BCUT2D eigenvalue weighted by Crippen LogP contribution is 1.99. The van der Waals surface area contributed by atoms with Crippen LogP contribution < -0.4 is 10.9 Å².